The van der Waals surface area contributed by atoms with E-state index in [1.807, 2.05) is 0 Å². The van der Waals surface area contributed by atoms with Crippen molar-refractivity contribution >= 4 is 18.6 Å². The van der Waals surface area contributed by atoms with Crippen molar-refractivity contribution in [2.75, 3.05) is 0 Å². The van der Waals surface area contributed by atoms with Crippen LogP contribution in [0.3, 0.4) is 0 Å². The lowest BCUT2D eigenvalue weighted by Crippen LogP contribution is -2.06. The molecule has 1 aromatic rings. The van der Waals surface area contributed by atoms with Crippen LogP contribution in [0.5, 0.6) is 0 Å². The van der Waals surface area contributed by atoms with Crippen molar-refractivity contribution in [2.24, 2.45) is 0 Å². The minimum absolute atomic E-state index is 0.240. The fraction of sp³-hybridized carbons (Fsp3) is 0. The molecule has 70 valence electrons. The standard InChI is InChI=1S/C7H3F3O2S/c8-2-1-3(9)6(13)4(5(2)10)7(11)12/h1,13H,(H,11,12). The first-order chi connectivity index (χ1) is 5.95. The third-order valence-electron chi connectivity index (χ3n) is 1.36. The van der Waals surface area contributed by atoms with Crippen molar-refractivity contribution in [2.45, 2.75) is 4.90 Å². The second kappa shape index (κ2) is 3.29. The number of thiol groups is 1. The Balaban J connectivity index is 3.56. The Kier molecular flexibility index (Phi) is 2.51. The Morgan fingerprint density at radius 3 is 2.31 bits per heavy atom. The van der Waals surface area contributed by atoms with Gasteiger partial charge in [0, 0.05) is 6.07 Å². The maximum Gasteiger partial charge on any atom is 0.340 e. The van der Waals surface area contributed by atoms with Crippen molar-refractivity contribution in [3.63, 3.8) is 0 Å². The highest BCUT2D eigenvalue weighted by molar-refractivity contribution is 7.80. The van der Waals surface area contributed by atoms with Crippen LogP contribution in [0.25, 0.3) is 0 Å². The number of carbonyl (C=O) groups is 1. The van der Waals surface area contributed by atoms with E-state index in [9.17, 15) is 18.0 Å². The number of carboxylic acid groups (broad SMARTS) is 1. The molecule has 1 N–H and O–H groups in total. The zero-order chi connectivity index (χ0) is 10.2. The Morgan fingerprint density at radius 2 is 1.85 bits per heavy atom. The Hall–Kier alpha value is -1.17. The Morgan fingerprint density at radius 1 is 1.31 bits per heavy atom. The zero-order valence-corrected chi connectivity index (χ0v) is 6.91. The fourth-order valence-corrected chi connectivity index (χ4v) is 1.04. The van der Waals surface area contributed by atoms with Crippen LogP contribution >= 0.6 is 12.6 Å². The van der Waals surface area contributed by atoms with Crippen LogP contribution in [0.1, 0.15) is 10.4 Å². The van der Waals surface area contributed by atoms with Gasteiger partial charge in [0.25, 0.3) is 0 Å². The van der Waals surface area contributed by atoms with Gasteiger partial charge in [-0.1, -0.05) is 0 Å². The number of aromatic carboxylic acids is 1. The van der Waals surface area contributed by atoms with E-state index in [-0.39, 0.29) is 6.07 Å². The number of benzene rings is 1. The van der Waals surface area contributed by atoms with Gasteiger partial charge in [-0.05, 0) is 0 Å². The summed E-state index contributed by atoms with van der Waals surface area (Å²) in [5.41, 5.74) is -1.10. The van der Waals surface area contributed by atoms with Crippen molar-refractivity contribution in [1.82, 2.24) is 0 Å². The number of rotatable bonds is 1. The molecular formula is C7H3F3O2S. The van der Waals surface area contributed by atoms with Crippen molar-refractivity contribution < 1.29 is 23.1 Å². The van der Waals surface area contributed by atoms with Gasteiger partial charge in [-0.15, -0.1) is 12.6 Å². The molecule has 0 amide bonds. The van der Waals surface area contributed by atoms with E-state index in [1.54, 1.807) is 0 Å². The van der Waals surface area contributed by atoms with E-state index >= 15 is 0 Å². The Labute approximate surface area is 76.4 Å². The molecule has 6 heteroatoms. The summed E-state index contributed by atoms with van der Waals surface area (Å²) in [6.07, 6.45) is 0. The van der Waals surface area contributed by atoms with Gasteiger partial charge in [-0.2, -0.15) is 0 Å². The largest absolute Gasteiger partial charge is 0.478 e. The van der Waals surface area contributed by atoms with Gasteiger partial charge < -0.3 is 5.11 Å². The average Bonchev–Trinajstić information content (AvgIpc) is 2.01. The van der Waals surface area contributed by atoms with Gasteiger partial charge in [0.2, 0.25) is 0 Å². The van der Waals surface area contributed by atoms with E-state index in [1.165, 1.54) is 0 Å². The number of hydrogen-bond donors (Lipinski definition) is 2. The van der Waals surface area contributed by atoms with Gasteiger partial charge in [-0.3, -0.25) is 0 Å². The van der Waals surface area contributed by atoms with Gasteiger partial charge in [0.1, 0.15) is 11.4 Å². The lowest BCUT2D eigenvalue weighted by Gasteiger charge is -2.03. The van der Waals surface area contributed by atoms with Crippen molar-refractivity contribution in [1.29, 1.82) is 0 Å². The molecule has 0 spiro atoms. The van der Waals surface area contributed by atoms with E-state index in [4.69, 9.17) is 5.11 Å². The summed E-state index contributed by atoms with van der Waals surface area (Å²) in [5.74, 6) is -6.13. The summed E-state index contributed by atoms with van der Waals surface area (Å²) in [5, 5.41) is 8.37. The van der Waals surface area contributed by atoms with Crippen LogP contribution in [0, 0.1) is 17.5 Å². The molecule has 0 aromatic heterocycles. The quantitative estimate of drug-likeness (QED) is 0.547. The molecule has 0 unspecified atom stereocenters. The fourth-order valence-electron chi connectivity index (χ4n) is 0.781. The second-order valence-electron chi connectivity index (χ2n) is 2.18. The predicted molar refractivity (Wildman–Crippen MR) is 40.5 cm³/mol. The van der Waals surface area contributed by atoms with Crippen LogP contribution in [0.4, 0.5) is 13.2 Å². The number of carboxylic acids is 1. The molecule has 0 radical (unpaired) electrons. The molecule has 2 nitrogen and oxygen atoms in total. The first kappa shape index (κ1) is 9.91. The molecular weight excluding hydrogens is 205 g/mol. The molecule has 0 atom stereocenters. The molecule has 0 aliphatic rings. The van der Waals surface area contributed by atoms with E-state index in [0.717, 1.165) is 0 Å². The first-order valence-corrected chi connectivity index (χ1v) is 3.49. The summed E-state index contributed by atoms with van der Waals surface area (Å²) < 4.78 is 37.8. The smallest absolute Gasteiger partial charge is 0.340 e. The molecule has 0 bridgehead atoms. The maximum absolute atomic E-state index is 12.7. The minimum Gasteiger partial charge on any atom is -0.478 e. The minimum atomic E-state index is -1.76. The number of halogens is 3. The third-order valence-corrected chi connectivity index (χ3v) is 1.80. The molecule has 0 heterocycles. The Bertz CT molecular complexity index is 352. The second-order valence-corrected chi connectivity index (χ2v) is 2.63. The first-order valence-electron chi connectivity index (χ1n) is 3.05. The van der Waals surface area contributed by atoms with Crippen molar-refractivity contribution in [3.05, 3.63) is 29.1 Å². The predicted octanol–water partition coefficient (Wildman–Crippen LogP) is 2.09. The molecule has 1 rings (SSSR count). The third kappa shape index (κ3) is 1.62. The van der Waals surface area contributed by atoms with Crippen molar-refractivity contribution in [3.8, 4) is 0 Å². The van der Waals surface area contributed by atoms with Crippen LogP contribution in [0.15, 0.2) is 11.0 Å². The lowest BCUT2D eigenvalue weighted by molar-refractivity contribution is 0.0685. The van der Waals surface area contributed by atoms with E-state index in [0.29, 0.717) is 0 Å². The van der Waals surface area contributed by atoms with Crippen LogP contribution < -0.4 is 0 Å². The normalized spacial score (nSPS) is 10.2. The van der Waals surface area contributed by atoms with Gasteiger partial charge >= 0.3 is 5.97 Å². The monoisotopic (exact) mass is 208 g/mol. The van der Waals surface area contributed by atoms with E-state index < -0.39 is 33.9 Å². The SMILES string of the molecule is O=C(O)c1c(F)c(F)cc(F)c1S. The topological polar surface area (TPSA) is 37.3 Å². The maximum atomic E-state index is 12.7. The summed E-state index contributed by atoms with van der Waals surface area (Å²) >= 11 is 3.41. The molecule has 0 saturated heterocycles. The molecule has 0 aliphatic heterocycles. The van der Waals surface area contributed by atoms with Gasteiger partial charge in [0.15, 0.2) is 11.6 Å². The molecule has 13 heavy (non-hydrogen) atoms. The average molecular weight is 208 g/mol. The summed E-state index contributed by atoms with van der Waals surface area (Å²) in [6.45, 7) is 0. The summed E-state index contributed by atoms with van der Waals surface area (Å²) in [4.78, 5) is 9.61. The van der Waals surface area contributed by atoms with Crippen LogP contribution in [-0.4, -0.2) is 11.1 Å². The van der Waals surface area contributed by atoms with Crippen LogP contribution in [-0.2, 0) is 0 Å². The molecule has 1 aromatic carbocycles. The van der Waals surface area contributed by atoms with Crippen LogP contribution in [0.2, 0.25) is 0 Å². The highest BCUT2D eigenvalue weighted by Crippen LogP contribution is 2.23. The summed E-state index contributed by atoms with van der Waals surface area (Å²) in [6, 6.07) is 0.240. The van der Waals surface area contributed by atoms with Gasteiger partial charge in [0.05, 0.1) is 4.90 Å². The molecule has 0 saturated carbocycles. The molecule has 0 aliphatic carbocycles. The van der Waals surface area contributed by atoms with E-state index in [2.05, 4.69) is 12.6 Å². The zero-order valence-electron chi connectivity index (χ0n) is 6.01. The molecule has 0 fully saturated rings. The lowest BCUT2D eigenvalue weighted by atomic mass is 10.2. The number of hydrogen-bond acceptors (Lipinski definition) is 2. The highest BCUT2D eigenvalue weighted by atomic mass is 32.1. The highest BCUT2D eigenvalue weighted by Gasteiger charge is 2.21. The van der Waals surface area contributed by atoms with Gasteiger partial charge in [-0.25, -0.2) is 18.0 Å². The summed E-state index contributed by atoms with van der Waals surface area (Å²) in [7, 11) is 0.